The minimum Gasteiger partial charge on any atom is -0.324 e. The van der Waals surface area contributed by atoms with Gasteiger partial charge in [0.2, 0.25) is 0 Å². The summed E-state index contributed by atoms with van der Waals surface area (Å²) in [7, 11) is 0. The highest BCUT2D eigenvalue weighted by atomic mass is 32.2. The van der Waals surface area contributed by atoms with Crippen LogP contribution in [-0.4, -0.2) is 35.5 Å². The third-order valence-electron chi connectivity index (χ3n) is 3.17. The number of hydrogen-bond acceptors (Lipinski definition) is 3. The molecule has 1 aliphatic rings. The quantitative estimate of drug-likeness (QED) is 0.875. The lowest BCUT2D eigenvalue weighted by Gasteiger charge is -2.20. The van der Waals surface area contributed by atoms with E-state index in [0.29, 0.717) is 0 Å². The Morgan fingerprint density at radius 3 is 3.05 bits per heavy atom. The van der Waals surface area contributed by atoms with E-state index in [1.165, 1.54) is 0 Å². The first-order chi connectivity index (χ1) is 9.16. The fourth-order valence-electron chi connectivity index (χ4n) is 2.05. The number of nitrogens with one attached hydrogen (secondary N) is 1. The molecule has 1 aliphatic heterocycles. The molecule has 2 rings (SSSR count). The molecule has 1 heterocycles. The highest BCUT2D eigenvalue weighted by molar-refractivity contribution is 7.99. The van der Waals surface area contributed by atoms with E-state index in [1.807, 2.05) is 47.9 Å². The fourth-order valence-corrected chi connectivity index (χ4v) is 2.94. The molecule has 0 aromatic heterocycles. The smallest absolute Gasteiger partial charge is 0.321 e. The normalized spacial score (nSPS) is 17.7. The number of carbonyl (C=O) groups excluding carboxylic acids is 1. The van der Waals surface area contributed by atoms with Crippen LogP contribution in [0.1, 0.15) is 24.9 Å². The lowest BCUT2D eigenvalue weighted by Crippen LogP contribution is -2.36. The molecule has 0 spiro atoms. The number of benzene rings is 1. The van der Waals surface area contributed by atoms with Gasteiger partial charge in [0, 0.05) is 30.6 Å². The van der Waals surface area contributed by atoms with Crippen molar-refractivity contribution < 1.29 is 4.79 Å². The Bertz CT molecular complexity index is 428. The summed E-state index contributed by atoms with van der Waals surface area (Å²) >= 11 is 1.91. The predicted molar refractivity (Wildman–Crippen MR) is 81.6 cm³/mol. The first kappa shape index (κ1) is 14.2. The van der Waals surface area contributed by atoms with Crippen molar-refractivity contribution in [1.82, 2.24) is 4.90 Å². The summed E-state index contributed by atoms with van der Waals surface area (Å²) in [5, 5.41) is 2.96. The SMILES string of the molecule is CC(N)c1cccc(NC(=O)N2CCCSCC2)c1. The van der Waals surface area contributed by atoms with Crippen LogP contribution in [0.5, 0.6) is 0 Å². The van der Waals surface area contributed by atoms with Crippen LogP contribution in [0.3, 0.4) is 0 Å². The van der Waals surface area contributed by atoms with E-state index in [1.54, 1.807) is 0 Å². The number of urea groups is 1. The van der Waals surface area contributed by atoms with Crippen LogP contribution in [0.2, 0.25) is 0 Å². The van der Waals surface area contributed by atoms with E-state index >= 15 is 0 Å². The Kier molecular flexibility index (Phi) is 5.10. The molecule has 0 saturated carbocycles. The van der Waals surface area contributed by atoms with Crippen molar-refractivity contribution in [2.24, 2.45) is 5.73 Å². The average molecular weight is 279 g/mol. The Hall–Kier alpha value is -1.20. The summed E-state index contributed by atoms with van der Waals surface area (Å²) in [6.07, 6.45) is 1.07. The summed E-state index contributed by atoms with van der Waals surface area (Å²) in [5.41, 5.74) is 7.70. The van der Waals surface area contributed by atoms with Crippen LogP contribution in [0, 0.1) is 0 Å². The van der Waals surface area contributed by atoms with E-state index in [0.717, 1.165) is 42.3 Å². The van der Waals surface area contributed by atoms with E-state index in [-0.39, 0.29) is 12.1 Å². The van der Waals surface area contributed by atoms with Gasteiger partial charge in [-0.25, -0.2) is 4.79 Å². The van der Waals surface area contributed by atoms with Crippen molar-refractivity contribution in [3.8, 4) is 0 Å². The minimum atomic E-state index is -0.0218. The fraction of sp³-hybridized carbons (Fsp3) is 0.500. The summed E-state index contributed by atoms with van der Waals surface area (Å²) in [5.74, 6) is 2.16. The van der Waals surface area contributed by atoms with Gasteiger partial charge in [0.05, 0.1) is 0 Å². The molecular weight excluding hydrogens is 258 g/mol. The largest absolute Gasteiger partial charge is 0.324 e. The second-order valence-electron chi connectivity index (χ2n) is 4.80. The monoisotopic (exact) mass is 279 g/mol. The van der Waals surface area contributed by atoms with Gasteiger partial charge in [0.1, 0.15) is 0 Å². The summed E-state index contributed by atoms with van der Waals surface area (Å²) in [6, 6.07) is 7.71. The van der Waals surface area contributed by atoms with Gasteiger partial charge >= 0.3 is 6.03 Å². The van der Waals surface area contributed by atoms with Crippen LogP contribution >= 0.6 is 11.8 Å². The minimum absolute atomic E-state index is 0.00988. The van der Waals surface area contributed by atoms with Gasteiger partial charge in [0.25, 0.3) is 0 Å². The first-order valence-corrected chi connectivity index (χ1v) is 7.81. The molecule has 19 heavy (non-hydrogen) atoms. The second-order valence-corrected chi connectivity index (χ2v) is 6.02. The number of anilines is 1. The van der Waals surface area contributed by atoms with Gasteiger partial charge in [-0.1, -0.05) is 12.1 Å². The van der Waals surface area contributed by atoms with Crippen molar-refractivity contribution in [1.29, 1.82) is 0 Å². The third kappa shape index (κ3) is 4.14. The summed E-state index contributed by atoms with van der Waals surface area (Å²) in [6.45, 7) is 3.60. The number of rotatable bonds is 2. The zero-order valence-corrected chi connectivity index (χ0v) is 12.1. The molecule has 0 bridgehead atoms. The Morgan fingerprint density at radius 2 is 2.26 bits per heavy atom. The number of amides is 2. The Balaban J connectivity index is 1.99. The lowest BCUT2D eigenvalue weighted by molar-refractivity contribution is 0.216. The molecular formula is C14H21N3OS. The van der Waals surface area contributed by atoms with Gasteiger partial charge in [-0.05, 0) is 36.8 Å². The number of nitrogens with zero attached hydrogens (tertiary/aromatic N) is 1. The van der Waals surface area contributed by atoms with Crippen LogP contribution in [0.15, 0.2) is 24.3 Å². The van der Waals surface area contributed by atoms with Crippen molar-refractivity contribution in [2.75, 3.05) is 29.9 Å². The summed E-state index contributed by atoms with van der Waals surface area (Å²) < 4.78 is 0. The molecule has 0 aliphatic carbocycles. The van der Waals surface area contributed by atoms with Gasteiger partial charge in [0.15, 0.2) is 0 Å². The van der Waals surface area contributed by atoms with Crippen molar-refractivity contribution in [3.05, 3.63) is 29.8 Å². The molecule has 4 nitrogen and oxygen atoms in total. The highest BCUT2D eigenvalue weighted by Crippen LogP contribution is 2.17. The molecule has 0 radical (unpaired) electrons. The number of thioether (sulfide) groups is 1. The number of carbonyl (C=O) groups is 1. The van der Waals surface area contributed by atoms with Crippen LogP contribution in [0.25, 0.3) is 0 Å². The zero-order chi connectivity index (χ0) is 13.7. The lowest BCUT2D eigenvalue weighted by atomic mass is 10.1. The molecule has 1 atom stereocenters. The van der Waals surface area contributed by atoms with E-state index in [9.17, 15) is 4.79 Å². The maximum Gasteiger partial charge on any atom is 0.321 e. The zero-order valence-electron chi connectivity index (χ0n) is 11.3. The van der Waals surface area contributed by atoms with Crippen molar-refractivity contribution in [3.63, 3.8) is 0 Å². The number of nitrogens with two attached hydrogens (primary N) is 1. The third-order valence-corrected chi connectivity index (χ3v) is 4.22. The molecule has 3 N–H and O–H groups in total. The van der Waals surface area contributed by atoms with Crippen LogP contribution in [-0.2, 0) is 0 Å². The Labute approximate surface area is 118 Å². The molecule has 1 fully saturated rings. The molecule has 1 saturated heterocycles. The molecule has 104 valence electrons. The predicted octanol–water partition coefficient (Wildman–Crippen LogP) is 2.68. The maximum atomic E-state index is 12.2. The van der Waals surface area contributed by atoms with Gasteiger partial charge < -0.3 is 16.0 Å². The van der Waals surface area contributed by atoms with Crippen LogP contribution in [0.4, 0.5) is 10.5 Å². The molecule has 1 aromatic carbocycles. The molecule has 1 aromatic rings. The Morgan fingerprint density at radius 1 is 1.42 bits per heavy atom. The van der Waals surface area contributed by atoms with E-state index in [4.69, 9.17) is 5.73 Å². The summed E-state index contributed by atoms with van der Waals surface area (Å²) in [4.78, 5) is 14.1. The molecule has 2 amide bonds. The van der Waals surface area contributed by atoms with Gasteiger partial charge in [-0.3, -0.25) is 0 Å². The average Bonchev–Trinajstić information content (AvgIpc) is 2.68. The standard InChI is InChI=1S/C14H21N3OS/c1-11(15)12-4-2-5-13(10-12)16-14(18)17-6-3-8-19-9-7-17/h2,4-5,10-11H,3,6-9,15H2,1H3,(H,16,18). The maximum absolute atomic E-state index is 12.2. The van der Waals surface area contributed by atoms with E-state index < -0.39 is 0 Å². The van der Waals surface area contributed by atoms with Gasteiger partial charge in [-0.2, -0.15) is 11.8 Å². The number of hydrogen-bond donors (Lipinski definition) is 2. The van der Waals surface area contributed by atoms with Crippen molar-refractivity contribution in [2.45, 2.75) is 19.4 Å². The second kappa shape index (κ2) is 6.82. The highest BCUT2D eigenvalue weighted by Gasteiger charge is 2.15. The van der Waals surface area contributed by atoms with Crippen LogP contribution < -0.4 is 11.1 Å². The molecule has 1 unspecified atom stereocenters. The van der Waals surface area contributed by atoms with E-state index in [2.05, 4.69) is 5.32 Å². The topological polar surface area (TPSA) is 58.4 Å². The van der Waals surface area contributed by atoms with Gasteiger partial charge in [-0.15, -0.1) is 0 Å². The first-order valence-electron chi connectivity index (χ1n) is 6.66. The van der Waals surface area contributed by atoms with Crippen molar-refractivity contribution >= 4 is 23.5 Å². The molecule has 5 heteroatoms.